The van der Waals surface area contributed by atoms with Crippen LogP contribution in [0.15, 0.2) is 84.1 Å². The van der Waals surface area contributed by atoms with E-state index in [1.54, 1.807) is 0 Å². The van der Waals surface area contributed by atoms with E-state index in [4.69, 9.17) is 11.6 Å². The largest absolute Gasteiger partial charge is 0.416 e. The molecular weight excluding hydrogens is 449 g/mol. The van der Waals surface area contributed by atoms with Gasteiger partial charge in [0.15, 0.2) is 5.78 Å². The highest BCUT2D eigenvalue weighted by atomic mass is 35.5. The number of ketones is 1. The van der Waals surface area contributed by atoms with Crippen molar-refractivity contribution >= 4 is 28.8 Å². The highest BCUT2D eigenvalue weighted by Gasteiger charge is 2.36. The molecule has 0 saturated heterocycles. The monoisotopic (exact) mass is 468 g/mol. The average molecular weight is 469 g/mol. The van der Waals surface area contributed by atoms with Gasteiger partial charge in [0.25, 0.3) is 0 Å². The summed E-state index contributed by atoms with van der Waals surface area (Å²) in [7, 11) is 0. The summed E-state index contributed by atoms with van der Waals surface area (Å²) in [4.78, 5) is 13.4. The van der Waals surface area contributed by atoms with Crippen molar-refractivity contribution in [2.24, 2.45) is 0 Å². The molecule has 168 valence electrons. The number of Topliss-reactive ketones (excluding diaryl/α,β-unsaturated/α-hetero) is 1. The second kappa shape index (κ2) is 8.27. The van der Waals surface area contributed by atoms with Crippen LogP contribution in [0.5, 0.6) is 0 Å². The van der Waals surface area contributed by atoms with Crippen molar-refractivity contribution in [2.45, 2.75) is 31.0 Å². The highest BCUT2D eigenvalue weighted by Crippen LogP contribution is 2.44. The number of halogens is 4. The Morgan fingerprint density at radius 2 is 1.45 bits per heavy atom. The molecule has 0 amide bonds. The number of carbonyl (C=O) groups excluding carboxylic acids is 1. The summed E-state index contributed by atoms with van der Waals surface area (Å²) in [6.07, 6.45) is -3.49. The van der Waals surface area contributed by atoms with Crippen LogP contribution in [0.4, 0.5) is 24.5 Å². The third-order valence-electron chi connectivity index (χ3n) is 6.22. The van der Waals surface area contributed by atoms with Gasteiger partial charge in [0.05, 0.1) is 23.0 Å². The lowest BCUT2D eigenvalue weighted by molar-refractivity contribution is -0.137. The van der Waals surface area contributed by atoms with Crippen molar-refractivity contribution in [2.75, 3.05) is 10.6 Å². The summed E-state index contributed by atoms with van der Waals surface area (Å²) in [5.41, 5.74) is 3.87. The number of fused-ring (bicyclic) bond motifs is 1. The fourth-order valence-electron chi connectivity index (χ4n) is 4.58. The molecule has 2 aliphatic rings. The van der Waals surface area contributed by atoms with E-state index in [2.05, 4.69) is 10.6 Å². The molecule has 0 bridgehead atoms. The zero-order valence-corrected chi connectivity index (χ0v) is 18.2. The van der Waals surface area contributed by atoms with E-state index in [1.807, 2.05) is 48.5 Å². The summed E-state index contributed by atoms with van der Waals surface area (Å²) in [5, 5.41) is 7.45. The molecule has 3 nitrogen and oxygen atoms in total. The predicted molar refractivity (Wildman–Crippen MR) is 123 cm³/mol. The lowest BCUT2D eigenvalue weighted by atomic mass is 9.78. The van der Waals surface area contributed by atoms with Crippen molar-refractivity contribution in [3.8, 4) is 0 Å². The van der Waals surface area contributed by atoms with Crippen molar-refractivity contribution in [3.05, 3.63) is 106 Å². The Hall–Kier alpha value is -3.25. The van der Waals surface area contributed by atoms with E-state index in [0.29, 0.717) is 29.0 Å². The highest BCUT2D eigenvalue weighted by molar-refractivity contribution is 6.30. The molecule has 0 radical (unpaired) electrons. The maximum absolute atomic E-state index is 13.4. The first kappa shape index (κ1) is 21.6. The first-order valence-electron chi connectivity index (χ1n) is 10.6. The number of anilines is 2. The summed E-state index contributed by atoms with van der Waals surface area (Å²) in [6, 6.07) is 19.5. The van der Waals surface area contributed by atoms with Crippen LogP contribution in [0, 0.1) is 0 Å². The molecule has 33 heavy (non-hydrogen) atoms. The number of para-hydroxylation sites is 2. The molecular formula is C26H20ClF3N2O. The van der Waals surface area contributed by atoms with Gasteiger partial charge in [-0.1, -0.05) is 48.0 Å². The Labute approximate surface area is 194 Å². The van der Waals surface area contributed by atoms with E-state index in [0.717, 1.165) is 34.8 Å². The summed E-state index contributed by atoms with van der Waals surface area (Å²) in [6.45, 7) is 0. The fraction of sp³-hybridized carbons (Fsp3) is 0.192. The number of carbonyl (C=O) groups is 1. The first-order chi connectivity index (χ1) is 15.8. The number of alkyl halides is 3. The van der Waals surface area contributed by atoms with Gasteiger partial charge in [-0.25, -0.2) is 0 Å². The van der Waals surface area contributed by atoms with Gasteiger partial charge >= 0.3 is 6.18 Å². The lowest BCUT2D eigenvalue weighted by Gasteiger charge is -2.30. The van der Waals surface area contributed by atoms with Crippen LogP contribution < -0.4 is 10.6 Å². The van der Waals surface area contributed by atoms with Crippen molar-refractivity contribution < 1.29 is 18.0 Å². The van der Waals surface area contributed by atoms with Gasteiger partial charge in [-0.05, 0) is 59.9 Å². The molecule has 3 aromatic carbocycles. The van der Waals surface area contributed by atoms with Crippen LogP contribution in [0.2, 0.25) is 5.02 Å². The quantitative estimate of drug-likeness (QED) is 0.413. The number of benzene rings is 3. The standard InChI is InChI=1S/C26H20ClF3N2O/c27-19-11-7-15(8-12-19)17-13-22-24(23(33)14-17)25(32-21-4-2-1-3-20(21)31-22)16-5-9-18(10-6-16)26(28,29)30/h1-12,17,25,31-32H,13-14H2. The topological polar surface area (TPSA) is 41.1 Å². The molecule has 1 aliphatic carbocycles. The maximum atomic E-state index is 13.4. The molecule has 1 heterocycles. The molecule has 3 aromatic rings. The summed E-state index contributed by atoms with van der Waals surface area (Å²) >= 11 is 6.03. The molecule has 0 fully saturated rings. The van der Waals surface area contributed by atoms with E-state index >= 15 is 0 Å². The average Bonchev–Trinajstić information content (AvgIpc) is 2.96. The Balaban J connectivity index is 1.57. The van der Waals surface area contributed by atoms with Gasteiger partial charge in [0.2, 0.25) is 0 Å². The van der Waals surface area contributed by atoms with Gasteiger partial charge in [0, 0.05) is 22.7 Å². The Morgan fingerprint density at radius 1 is 0.818 bits per heavy atom. The summed E-state index contributed by atoms with van der Waals surface area (Å²) < 4.78 is 39.3. The zero-order valence-electron chi connectivity index (χ0n) is 17.4. The molecule has 0 spiro atoms. The predicted octanol–water partition coefficient (Wildman–Crippen LogP) is 7.34. The van der Waals surface area contributed by atoms with Crippen LogP contribution in [-0.2, 0) is 11.0 Å². The lowest BCUT2D eigenvalue weighted by Crippen LogP contribution is -2.27. The number of nitrogens with one attached hydrogen (secondary N) is 2. The molecule has 7 heteroatoms. The number of allylic oxidation sites excluding steroid dienone is 1. The Bertz CT molecular complexity index is 1230. The minimum atomic E-state index is -4.42. The molecule has 2 atom stereocenters. The second-order valence-corrected chi connectivity index (χ2v) is 8.78. The van der Waals surface area contributed by atoms with Crippen molar-refractivity contribution in [1.82, 2.24) is 0 Å². The maximum Gasteiger partial charge on any atom is 0.416 e. The van der Waals surface area contributed by atoms with E-state index in [-0.39, 0.29) is 11.7 Å². The molecule has 2 unspecified atom stereocenters. The minimum Gasteiger partial charge on any atom is -0.372 e. The summed E-state index contributed by atoms with van der Waals surface area (Å²) in [5.74, 6) is -0.0477. The molecule has 0 aromatic heterocycles. The van der Waals surface area contributed by atoms with Crippen LogP contribution in [-0.4, -0.2) is 5.78 Å². The fourth-order valence-corrected chi connectivity index (χ4v) is 4.70. The smallest absolute Gasteiger partial charge is 0.372 e. The Kier molecular flexibility index (Phi) is 5.41. The molecule has 5 rings (SSSR count). The number of hydrogen-bond acceptors (Lipinski definition) is 3. The third-order valence-corrected chi connectivity index (χ3v) is 6.47. The Morgan fingerprint density at radius 3 is 2.12 bits per heavy atom. The van der Waals surface area contributed by atoms with Gasteiger partial charge in [-0.3, -0.25) is 4.79 Å². The SMILES string of the molecule is O=C1CC(c2ccc(Cl)cc2)CC2=C1C(c1ccc(C(F)(F)F)cc1)Nc1ccccc1N2. The minimum absolute atomic E-state index is 0.0143. The van der Waals surface area contributed by atoms with Gasteiger partial charge in [0.1, 0.15) is 0 Å². The molecule has 2 N–H and O–H groups in total. The van der Waals surface area contributed by atoms with Gasteiger partial charge in [-0.2, -0.15) is 13.2 Å². The zero-order chi connectivity index (χ0) is 23.2. The normalized spacial score (nSPS) is 20.3. The van der Waals surface area contributed by atoms with Gasteiger partial charge in [-0.15, -0.1) is 0 Å². The molecule has 0 saturated carbocycles. The van der Waals surface area contributed by atoms with E-state index in [1.165, 1.54) is 12.1 Å². The molecule has 1 aliphatic heterocycles. The van der Waals surface area contributed by atoms with E-state index in [9.17, 15) is 18.0 Å². The van der Waals surface area contributed by atoms with Gasteiger partial charge < -0.3 is 10.6 Å². The first-order valence-corrected chi connectivity index (χ1v) is 11.0. The van der Waals surface area contributed by atoms with Crippen LogP contribution in [0.1, 0.15) is 41.5 Å². The van der Waals surface area contributed by atoms with Crippen LogP contribution in [0.25, 0.3) is 0 Å². The van der Waals surface area contributed by atoms with Crippen molar-refractivity contribution in [1.29, 1.82) is 0 Å². The van der Waals surface area contributed by atoms with E-state index < -0.39 is 17.8 Å². The third kappa shape index (κ3) is 4.23. The van der Waals surface area contributed by atoms with Crippen molar-refractivity contribution in [3.63, 3.8) is 0 Å². The van der Waals surface area contributed by atoms with Crippen LogP contribution >= 0.6 is 11.6 Å². The number of hydrogen-bond donors (Lipinski definition) is 2. The second-order valence-electron chi connectivity index (χ2n) is 8.34. The number of rotatable bonds is 2. The van der Waals surface area contributed by atoms with Crippen LogP contribution in [0.3, 0.4) is 0 Å².